The van der Waals surface area contributed by atoms with Crippen LogP contribution in [0.25, 0.3) is 0 Å². The zero-order valence-electron chi connectivity index (χ0n) is 29.5. The molecule has 0 aromatic heterocycles. The second-order valence-corrected chi connectivity index (χ2v) is 14.3. The fourth-order valence-corrected chi connectivity index (χ4v) is 5.79. The van der Waals surface area contributed by atoms with Crippen molar-refractivity contribution < 1.29 is 9.31 Å². The molecule has 0 aliphatic carbocycles. The smallest absolute Gasteiger partial charge is 0.399 e. The van der Waals surface area contributed by atoms with Gasteiger partial charge in [0.1, 0.15) is 0 Å². The molecule has 2 fully saturated rings. The third kappa shape index (κ3) is 12.6. The van der Waals surface area contributed by atoms with Gasteiger partial charge in [-0.2, -0.15) is 0 Å². The molecule has 0 unspecified atom stereocenters. The number of hydrogen-bond acceptors (Lipinski definition) is 10. The molecule has 1 aromatic carbocycles. The number of hydrogen-bond donors (Lipinski definition) is 2. The van der Waals surface area contributed by atoms with E-state index < -0.39 is 0 Å². The average molecular weight is 617 g/mol. The number of nitrogens with zero attached hydrogens (tertiary/aromatic N) is 6. The fourth-order valence-electron chi connectivity index (χ4n) is 5.79. The number of benzene rings is 1. The maximum atomic E-state index is 6.29. The number of nitrogens with one attached hydrogen (secondary N) is 1. The van der Waals surface area contributed by atoms with Crippen molar-refractivity contribution in [3.8, 4) is 0 Å². The maximum Gasteiger partial charge on any atom is 0.494 e. The van der Waals surface area contributed by atoms with Crippen molar-refractivity contribution in [3.63, 3.8) is 0 Å². The lowest BCUT2D eigenvalue weighted by molar-refractivity contribution is 0.00578. The first kappa shape index (κ1) is 37.3. The van der Waals surface area contributed by atoms with Gasteiger partial charge in [-0.25, -0.2) is 0 Å². The predicted molar refractivity (Wildman–Crippen MR) is 185 cm³/mol. The summed E-state index contributed by atoms with van der Waals surface area (Å²) in [5.41, 5.74) is 7.57. The van der Waals surface area contributed by atoms with Gasteiger partial charge in [0.05, 0.1) is 24.5 Å². The Morgan fingerprint density at radius 1 is 0.795 bits per heavy atom. The van der Waals surface area contributed by atoms with E-state index in [1.807, 2.05) is 0 Å². The van der Waals surface area contributed by atoms with E-state index in [1.165, 1.54) is 18.4 Å². The molecule has 0 bridgehead atoms. The summed E-state index contributed by atoms with van der Waals surface area (Å²) in [6.07, 6.45) is 2.48. The van der Waals surface area contributed by atoms with Gasteiger partial charge < -0.3 is 30.2 Å². The van der Waals surface area contributed by atoms with E-state index in [9.17, 15) is 0 Å². The van der Waals surface area contributed by atoms with Crippen LogP contribution >= 0.6 is 0 Å². The van der Waals surface area contributed by atoms with Gasteiger partial charge in [-0.3, -0.25) is 19.6 Å². The Balaban J connectivity index is 1.65. The second-order valence-electron chi connectivity index (χ2n) is 14.3. The Bertz CT molecular complexity index is 921. The molecule has 11 heteroatoms. The first-order valence-electron chi connectivity index (χ1n) is 16.9. The van der Waals surface area contributed by atoms with Crippen LogP contribution in [-0.2, 0) is 15.9 Å². The van der Waals surface area contributed by atoms with E-state index in [2.05, 4.69) is 115 Å². The molecule has 0 saturated carbocycles. The van der Waals surface area contributed by atoms with Crippen LogP contribution in [0.5, 0.6) is 0 Å². The lowest BCUT2D eigenvalue weighted by atomic mass is 9.79. The highest BCUT2D eigenvalue weighted by molar-refractivity contribution is 6.62. The minimum atomic E-state index is -0.335. The Labute approximate surface area is 270 Å². The van der Waals surface area contributed by atoms with E-state index in [4.69, 9.17) is 15.0 Å². The molecule has 2 heterocycles. The molecule has 0 atom stereocenters. The lowest BCUT2D eigenvalue weighted by Crippen LogP contribution is -2.46. The molecule has 2 saturated heterocycles. The Hall–Kier alpha value is -1.12. The van der Waals surface area contributed by atoms with Crippen molar-refractivity contribution in [2.45, 2.75) is 58.3 Å². The quantitative estimate of drug-likeness (QED) is 0.353. The largest absolute Gasteiger partial charge is 0.494 e. The first-order chi connectivity index (χ1) is 20.9. The zero-order valence-corrected chi connectivity index (χ0v) is 29.5. The van der Waals surface area contributed by atoms with Gasteiger partial charge in [0, 0.05) is 72.0 Å². The molecule has 44 heavy (non-hydrogen) atoms. The lowest BCUT2D eigenvalue weighted by Gasteiger charge is -2.33. The van der Waals surface area contributed by atoms with Crippen molar-refractivity contribution in [1.82, 2.24) is 34.7 Å². The summed E-state index contributed by atoms with van der Waals surface area (Å²) in [6, 6.07) is 8.84. The summed E-state index contributed by atoms with van der Waals surface area (Å²) >= 11 is 0. The first-order valence-corrected chi connectivity index (χ1v) is 16.9. The zero-order chi connectivity index (χ0) is 32.2. The number of rotatable bonds is 11. The SMILES string of the molecule is CN(CCN)CCN(CCN1CCN(C)CCNCCCCN(C)CN(C)C1)Cc1ccc(B2OC(C)(C)C(C)(C)O2)cc1. The number of nitrogens with two attached hydrogens (primary N) is 1. The van der Waals surface area contributed by atoms with Gasteiger partial charge in [0.25, 0.3) is 0 Å². The molecule has 3 rings (SSSR count). The normalized spacial score (nSPS) is 22.5. The van der Waals surface area contributed by atoms with Crippen LogP contribution < -0.4 is 16.5 Å². The van der Waals surface area contributed by atoms with Gasteiger partial charge in [0.2, 0.25) is 0 Å². The Morgan fingerprint density at radius 2 is 1.50 bits per heavy atom. The van der Waals surface area contributed by atoms with Crippen LogP contribution in [0.2, 0.25) is 0 Å². The van der Waals surface area contributed by atoms with Crippen LogP contribution in [0.4, 0.5) is 0 Å². The summed E-state index contributed by atoms with van der Waals surface area (Å²) in [7, 11) is 8.60. The van der Waals surface area contributed by atoms with Crippen LogP contribution in [0.1, 0.15) is 46.1 Å². The van der Waals surface area contributed by atoms with Crippen LogP contribution in [-0.4, -0.2) is 168 Å². The van der Waals surface area contributed by atoms with Crippen molar-refractivity contribution >= 4 is 12.6 Å². The van der Waals surface area contributed by atoms with Gasteiger partial charge in [-0.05, 0) is 92.8 Å². The summed E-state index contributed by atoms with van der Waals surface area (Å²) in [5, 5.41) is 3.63. The standard InChI is InChI=1S/C33H65BN8O2/c1-32(2)33(3,4)44-34(43-32)31-13-11-30(12-14-31)27-41(23-21-37(5)19-15-35)25-26-42-24-22-38(6)20-17-36-16-9-10-18-39(7)28-40(8)29-42/h11-14,36H,9-10,15-29,35H2,1-8H3. The Kier molecular flexibility index (Phi) is 15.5. The molecule has 3 N–H and O–H groups in total. The third-order valence-electron chi connectivity index (χ3n) is 9.49. The van der Waals surface area contributed by atoms with Gasteiger partial charge in [0.15, 0.2) is 0 Å². The molecular formula is C33H65BN8O2. The topological polar surface area (TPSA) is 76.0 Å². The Morgan fingerprint density at radius 3 is 2.18 bits per heavy atom. The average Bonchev–Trinajstić information content (AvgIpc) is 3.18. The van der Waals surface area contributed by atoms with Crippen molar-refractivity contribution in [2.24, 2.45) is 5.73 Å². The minimum absolute atomic E-state index is 0.327. The van der Waals surface area contributed by atoms with E-state index in [-0.39, 0.29) is 18.3 Å². The molecule has 252 valence electrons. The molecule has 1 aromatic rings. The molecule has 0 radical (unpaired) electrons. The summed E-state index contributed by atoms with van der Waals surface area (Å²) in [5.74, 6) is 0. The van der Waals surface area contributed by atoms with E-state index in [1.54, 1.807) is 0 Å². The highest BCUT2D eigenvalue weighted by atomic mass is 16.7. The molecule has 10 nitrogen and oxygen atoms in total. The predicted octanol–water partition coefficient (Wildman–Crippen LogP) is 1.07. The van der Waals surface area contributed by atoms with Gasteiger partial charge >= 0.3 is 7.12 Å². The van der Waals surface area contributed by atoms with Crippen LogP contribution in [0, 0.1) is 0 Å². The molecule has 2 aliphatic heterocycles. The summed E-state index contributed by atoms with van der Waals surface area (Å²) < 4.78 is 12.6. The van der Waals surface area contributed by atoms with E-state index >= 15 is 0 Å². The highest BCUT2D eigenvalue weighted by Crippen LogP contribution is 2.36. The summed E-state index contributed by atoms with van der Waals surface area (Å²) in [6.45, 7) is 23.5. The summed E-state index contributed by atoms with van der Waals surface area (Å²) in [4.78, 5) is 15.0. The third-order valence-corrected chi connectivity index (χ3v) is 9.49. The molecular weight excluding hydrogens is 551 g/mol. The second kappa shape index (κ2) is 18.3. The highest BCUT2D eigenvalue weighted by Gasteiger charge is 2.51. The van der Waals surface area contributed by atoms with Crippen LogP contribution in [0.15, 0.2) is 24.3 Å². The maximum absolute atomic E-state index is 6.29. The van der Waals surface area contributed by atoms with Gasteiger partial charge in [-0.15, -0.1) is 0 Å². The van der Waals surface area contributed by atoms with Crippen molar-refractivity contribution in [1.29, 1.82) is 0 Å². The monoisotopic (exact) mass is 617 g/mol. The van der Waals surface area contributed by atoms with E-state index in [0.29, 0.717) is 6.54 Å². The fraction of sp³-hybridized carbons (Fsp3) is 0.818. The van der Waals surface area contributed by atoms with Crippen molar-refractivity contribution in [2.75, 3.05) is 120 Å². The van der Waals surface area contributed by atoms with Crippen molar-refractivity contribution in [3.05, 3.63) is 29.8 Å². The number of likely N-dealkylation sites (N-methyl/N-ethyl adjacent to an activating group) is 2. The molecule has 0 spiro atoms. The van der Waals surface area contributed by atoms with E-state index in [0.717, 1.165) is 97.3 Å². The van der Waals surface area contributed by atoms with Gasteiger partial charge in [-0.1, -0.05) is 24.3 Å². The minimum Gasteiger partial charge on any atom is -0.399 e. The van der Waals surface area contributed by atoms with Crippen LogP contribution in [0.3, 0.4) is 0 Å². The molecule has 2 aliphatic rings. The molecule has 0 amide bonds.